The SMILES string of the molecule is C1=CC2(CCC1)CNC2. The zero-order valence-electron chi connectivity index (χ0n) is 5.69. The van der Waals surface area contributed by atoms with Crippen molar-refractivity contribution in [2.45, 2.75) is 19.3 Å². The van der Waals surface area contributed by atoms with Crippen molar-refractivity contribution in [1.82, 2.24) is 5.32 Å². The van der Waals surface area contributed by atoms with E-state index in [1.165, 1.54) is 32.4 Å². The number of rotatable bonds is 0. The molecule has 1 saturated heterocycles. The molecule has 0 saturated carbocycles. The van der Waals surface area contributed by atoms with E-state index in [0.29, 0.717) is 5.41 Å². The van der Waals surface area contributed by atoms with Gasteiger partial charge in [-0.25, -0.2) is 0 Å². The third-order valence-electron chi connectivity index (χ3n) is 2.47. The van der Waals surface area contributed by atoms with Gasteiger partial charge in [0.1, 0.15) is 0 Å². The summed E-state index contributed by atoms with van der Waals surface area (Å²) in [5, 5.41) is 3.32. The molecular formula is C8H13N. The largest absolute Gasteiger partial charge is 0.315 e. The number of allylic oxidation sites excluding steroid dienone is 1. The fourth-order valence-corrected chi connectivity index (χ4v) is 1.73. The highest BCUT2D eigenvalue weighted by Gasteiger charge is 2.34. The molecule has 0 atom stereocenters. The Bertz CT molecular complexity index is 134. The van der Waals surface area contributed by atoms with Crippen molar-refractivity contribution in [3.63, 3.8) is 0 Å². The average Bonchev–Trinajstić information content (AvgIpc) is 1.87. The lowest BCUT2D eigenvalue weighted by Gasteiger charge is -2.42. The molecule has 1 fully saturated rings. The third-order valence-corrected chi connectivity index (χ3v) is 2.47. The summed E-state index contributed by atoms with van der Waals surface area (Å²) in [6.07, 6.45) is 8.87. The van der Waals surface area contributed by atoms with Crippen LogP contribution in [0.15, 0.2) is 12.2 Å². The molecule has 50 valence electrons. The van der Waals surface area contributed by atoms with Crippen molar-refractivity contribution < 1.29 is 0 Å². The maximum Gasteiger partial charge on any atom is 0.0131 e. The minimum Gasteiger partial charge on any atom is -0.315 e. The van der Waals surface area contributed by atoms with Gasteiger partial charge >= 0.3 is 0 Å². The lowest BCUT2D eigenvalue weighted by Crippen LogP contribution is -2.52. The lowest BCUT2D eigenvalue weighted by atomic mass is 9.74. The van der Waals surface area contributed by atoms with Gasteiger partial charge < -0.3 is 5.32 Å². The predicted octanol–water partition coefficient (Wildman–Crippen LogP) is 1.32. The highest BCUT2D eigenvalue weighted by atomic mass is 15.0. The molecule has 1 aliphatic heterocycles. The van der Waals surface area contributed by atoms with Crippen LogP contribution < -0.4 is 5.32 Å². The molecule has 2 rings (SSSR count). The lowest BCUT2D eigenvalue weighted by molar-refractivity contribution is 0.208. The average molecular weight is 123 g/mol. The second kappa shape index (κ2) is 1.84. The van der Waals surface area contributed by atoms with E-state index in [9.17, 15) is 0 Å². The van der Waals surface area contributed by atoms with Crippen LogP contribution in [0.1, 0.15) is 19.3 Å². The fraction of sp³-hybridized carbons (Fsp3) is 0.750. The van der Waals surface area contributed by atoms with Crippen LogP contribution in [-0.4, -0.2) is 13.1 Å². The van der Waals surface area contributed by atoms with Gasteiger partial charge in [-0.2, -0.15) is 0 Å². The molecule has 9 heavy (non-hydrogen) atoms. The van der Waals surface area contributed by atoms with Gasteiger partial charge in [0.15, 0.2) is 0 Å². The summed E-state index contributed by atoms with van der Waals surface area (Å²) >= 11 is 0. The first-order valence-corrected chi connectivity index (χ1v) is 3.80. The maximum absolute atomic E-state index is 3.32. The van der Waals surface area contributed by atoms with E-state index in [1.54, 1.807) is 0 Å². The minimum atomic E-state index is 0.609. The van der Waals surface area contributed by atoms with Gasteiger partial charge in [-0.05, 0) is 19.3 Å². The molecule has 2 aliphatic rings. The van der Waals surface area contributed by atoms with E-state index in [2.05, 4.69) is 17.5 Å². The first-order valence-electron chi connectivity index (χ1n) is 3.80. The van der Waals surface area contributed by atoms with Gasteiger partial charge in [-0.15, -0.1) is 0 Å². The van der Waals surface area contributed by atoms with Gasteiger partial charge in [0.2, 0.25) is 0 Å². The molecule has 1 heterocycles. The molecule has 1 nitrogen and oxygen atoms in total. The molecule has 1 N–H and O–H groups in total. The topological polar surface area (TPSA) is 12.0 Å². The van der Waals surface area contributed by atoms with Crippen molar-refractivity contribution in [2.24, 2.45) is 5.41 Å². The van der Waals surface area contributed by atoms with E-state index in [0.717, 1.165) is 0 Å². The van der Waals surface area contributed by atoms with E-state index < -0.39 is 0 Å². The van der Waals surface area contributed by atoms with Crippen LogP contribution >= 0.6 is 0 Å². The summed E-state index contributed by atoms with van der Waals surface area (Å²) in [6, 6.07) is 0. The Morgan fingerprint density at radius 2 is 2.22 bits per heavy atom. The normalized spacial score (nSPS) is 30.2. The molecular weight excluding hydrogens is 110 g/mol. The number of hydrogen-bond acceptors (Lipinski definition) is 1. The van der Waals surface area contributed by atoms with Crippen LogP contribution in [0.2, 0.25) is 0 Å². The first-order chi connectivity index (χ1) is 4.41. The Hall–Kier alpha value is -0.300. The van der Waals surface area contributed by atoms with Crippen molar-refractivity contribution in [3.05, 3.63) is 12.2 Å². The van der Waals surface area contributed by atoms with Crippen molar-refractivity contribution >= 4 is 0 Å². The Morgan fingerprint density at radius 1 is 1.33 bits per heavy atom. The van der Waals surface area contributed by atoms with E-state index in [4.69, 9.17) is 0 Å². The van der Waals surface area contributed by atoms with Gasteiger partial charge in [0, 0.05) is 18.5 Å². The van der Waals surface area contributed by atoms with Crippen molar-refractivity contribution in [2.75, 3.05) is 13.1 Å². The Morgan fingerprint density at radius 3 is 2.56 bits per heavy atom. The van der Waals surface area contributed by atoms with E-state index in [-0.39, 0.29) is 0 Å². The molecule has 0 amide bonds. The molecule has 1 aliphatic carbocycles. The van der Waals surface area contributed by atoms with Crippen LogP contribution in [0.25, 0.3) is 0 Å². The molecule has 1 heteroatoms. The van der Waals surface area contributed by atoms with E-state index in [1.807, 2.05) is 0 Å². The van der Waals surface area contributed by atoms with Crippen LogP contribution in [0.5, 0.6) is 0 Å². The Labute approximate surface area is 56.1 Å². The van der Waals surface area contributed by atoms with Gasteiger partial charge in [-0.3, -0.25) is 0 Å². The third kappa shape index (κ3) is 0.799. The summed E-state index contributed by atoms with van der Waals surface area (Å²) in [4.78, 5) is 0. The van der Waals surface area contributed by atoms with Crippen molar-refractivity contribution in [1.29, 1.82) is 0 Å². The quantitative estimate of drug-likeness (QED) is 0.479. The second-order valence-electron chi connectivity index (χ2n) is 3.26. The summed E-state index contributed by atoms with van der Waals surface area (Å²) in [6.45, 7) is 2.45. The summed E-state index contributed by atoms with van der Waals surface area (Å²) in [5.41, 5.74) is 0.609. The number of hydrogen-bond donors (Lipinski definition) is 1. The molecule has 0 aromatic carbocycles. The highest BCUT2D eigenvalue weighted by Crippen LogP contribution is 2.33. The molecule has 0 unspecified atom stereocenters. The fourth-order valence-electron chi connectivity index (χ4n) is 1.73. The first kappa shape index (κ1) is 5.48. The summed E-state index contributed by atoms with van der Waals surface area (Å²) < 4.78 is 0. The molecule has 0 radical (unpaired) electrons. The van der Waals surface area contributed by atoms with Gasteiger partial charge in [-0.1, -0.05) is 12.2 Å². The molecule has 0 aromatic heterocycles. The molecule has 1 spiro atoms. The van der Waals surface area contributed by atoms with Crippen LogP contribution in [0.4, 0.5) is 0 Å². The standard InChI is InChI=1S/C8H13N/c1-2-4-8(5-3-1)6-9-7-8/h2,4,9H,1,3,5-7H2. The molecule has 0 aromatic rings. The van der Waals surface area contributed by atoms with E-state index >= 15 is 0 Å². The Balaban J connectivity index is 2.09. The Kier molecular flexibility index (Phi) is 1.12. The highest BCUT2D eigenvalue weighted by molar-refractivity contribution is 5.10. The zero-order valence-corrected chi connectivity index (χ0v) is 5.69. The van der Waals surface area contributed by atoms with Gasteiger partial charge in [0.25, 0.3) is 0 Å². The van der Waals surface area contributed by atoms with Crippen LogP contribution in [0.3, 0.4) is 0 Å². The monoisotopic (exact) mass is 123 g/mol. The molecule has 0 bridgehead atoms. The van der Waals surface area contributed by atoms with Crippen LogP contribution in [-0.2, 0) is 0 Å². The minimum absolute atomic E-state index is 0.609. The zero-order chi connectivity index (χ0) is 6.16. The summed E-state index contributed by atoms with van der Waals surface area (Å²) in [5.74, 6) is 0. The van der Waals surface area contributed by atoms with Crippen molar-refractivity contribution in [3.8, 4) is 0 Å². The maximum atomic E-state index is 3.32. The van der Waals surface area contributed by atoms with Gasteiger partial charge in [0.05, 0.1) is 0 Å². The smallest absolute Gasteiger partial charge is 0.0131 e. The summed E-state index contributed by atoms with van der Waals surface area (Å²) in [7, 11) is 0. The van der Waals surface area contributed by atoms with Crippen LogP contribution in [0, 0.1) is 5.41 Å². The predicted molar refractivity (Wildman–Crippen MR) is 38.3 cm³/mol. The number of nitrogens with one attached hydrogen (secondary N) is 1. The second-order valence-corrected chi connectivity index (χ2v) is 3.26.